The van der Waals surface area contributed by atoms with Crippen molar-refractivity contribution in [2.45, 2.75) is 39.5 Å². The molecule has 0 unspecified atom stereocenters. The Bertz CT molecular complexity index is 421. The van der Waals surface area contributed by atoms with Crippen LogP contribution in [-0.4, -0.2) is 12.4 Å². The molecule has 0 amide bonds. The Morgan fingerprint density at radius 2 is 2.00 bits per heavy atom. The summed E-state index contributed by atoms with van der Waals surface area (Å²) < 4.78 is 5.55. The zero-order chi connectivity index (χ0) is 13.2. The van der Waals surface area contributed by atoms with Gasteiger partial charge in [0.05, 0.1) is 6.61 Å². The van der Waals surface area contributed by atoms with Crippen molar-refractivity contribution in [1.29, 1.82) is 0 Å². The van der Waals surface area contributed by atoms with Gasteiger partial charge >= 0.3 is 0 Å². The maximum Gasteiger partial charge on any atom is 0.163 e. The van der Waals surface area contributed by atoms with Crippen LogP contribution in [0.25, 0.3) is 0 Å². The average molecular weight is 244 g/mol. The summed E-state index contributed by atoms with van der Waals surface area (Å²) in [5.41, 5.74) is 0.732. The van der Waals surface area contributed by atoms with E-state index in [2.05, 4.69) is 18.8 Å². The van der Waals surface area contributed by atoms with Crippen molar-refractivity contribution in [2.75, 3.05) is 6.61 Å². The fraction of sp³-hybridized carbons (Fsp3) is 0.438. The second-order valence-corrected chi connectivity index (χ2v) is 4.08. The fourth-order valence-corrected chi connectivity index (χ4v) is 1.52. The lowest BCUT2D eigenvalue weighted by molar-refractivity contribution is 0.0984. The predicted octanol–water partition coefficient (Wildman–Crippen LogP) is 3.85. The highest BCUT2D eigenvalue weighted by Crippen LogP contribution is 2.14. The molecule has 0 aliphatic carbocycles. The minimum Gasteiger partial charge on any atom is -0.494 e. The number of unbranched alkanes of at least 4 members (excludes halogenated alkanes) is 1. The molecule has 0 aliphatic heterocycles. The van der Waals surface area contributed by atoms with Crippen LogP contribution < -0.4 is 4.74 Å². The van der Waals surface area contributed by atoms with Gasteiger partial charge in [0.2, 0.25) is 0 Å². The first-order valence-corrected chi connectivity index (χ1v) is 6.43. The normalized spacial score (nSPS) is 9.44. The van der Waals surface area contributed by atoms with Gasteiger partial charge in [-0.15, -0.1) is 11.8 Å². The average Bonchev–Trinajstić information content (AvgIpc) is 2.40. The highest BCUT2D eigenvalue weighted by molar-refractivity contribution is 5.96. The van der Waals surface area contributed by atoms with E-state index in [0.717, 1.165) is 30.8 Å². The molecule has 0 saturated carbocycles. The molecular weight excluding hydrogens is 224 g/mol. The third kappa shape index (κ3) is 5.05. The van der Waals surface area contributed by atoms with Crippen LogP contribution in [-0.2, 0) is 0 Å². The number of Topliss-reactive ketones (excluding diaryl/α,β-unsaturated/α-hetero) is 1. The monoisotopic (exact) mass is 244 g/mol. The van der Waals surface area contributed by atoms with Gasteiger partial charge in [0.1, 0.15) is 5.75 Å². The first kappa shape index (κ1) is 14.3. The fourth-order valence-electron chi connectivity index (χ4n) is 1.52. The van der Waals surface area contributed by atoms with Crippen molar-refractivity contribution in [1.82, 2.24) is 0 Å². The van der Waals surface area contributed by atoms with Crippen LogP contribution in [0.1, 0.15) is 49.9 Å². The van der Waals surface area contributed by atoms with Gasteiger partial charge < -0.3 is 4.74 Å². The molecule has 0 heterocycles. The summed E-state index contributed by atoms with van der Waals surface area (Å²) in [6.07, 6.45) is 3.28. The largest absolute Gasteiger partial charge is 0.494 e. The Labute approximate surface area is 109 Å². The third-order valence-corrected chi connectivity index (χ3v) is 2.60. The van der Waals surface area contributed by atoms with E-state index in [1.54, 1.807) is 6.92 Å². The molecular formula is C16H20O2. The lowest BCUT2D eigenvalue weighted by Gasteiger charge is -2.05. The number of rotatable bonds is 7. The SMILES string of the molecule is CC#CCCC(=O)c1ccc(OCCCC)cc1. The lowest BCUT2D eigenvalue weighted by Crippen LogP contribution is -2.00. The van der Waals surface area contributed by atoms with E-state index < -0.39 is 0 Å². The van der Waals surface area contributed by atoms with Crippen molar-refractivity contribution in [3.63, 3.8) is 0 Å². The molecule has 1 aromatic rings. The quantitative estimate of drug-likeness (QED) is 0.413. The van der Waals surface area contributed by atoms with Crippen molar-refractivity contribution in [3.05, 3.63) is 29.8 Å². The standard InChI is InChI=1S/C16H20O2/c1-3-5-7-8-16(17)14-9-11-15(12-10-14)18-13-6-4-2/h9-12H,4,6-8,13H2,1-2H3. The van der Waals surface area contributed by atoms with Crippen molar-refractivity contribution >= 4 is 5.78 Å². The summed E-state index contributed by atoms with van der Waals surface area (Å²) in [5, 5.41) is 0. The van der Waals surface area contributed by atoms with Crippen LogP contribution in [0.3, 0.4) is 0 Å². The van der Waals surface area contributed by atoms with Crippen molar-refractivity contribution < 1.29 is 9.53 Å². The number of hydrogen-bond donors (Lipinski definition) is 0. The minimum absolute atomic E-state index is 0.137. The van der Waals surface area contributed by atoms with Gasteiger partial charge in [0.15, 0.2) is 5.78 Å². The Hall–Kier alpha value is -1.75. The summed E-state index contributed by atoms with van der Waals surface area (Å²) in [5.74, 6) is 6.65. The van der Waals surface area contributed by atoms with Crippen LogP contribution >= 0.6 is 0 Å². The van der Waals surface area contributed by atoms with E-state index in [-0.39, 0.29) is 5.78 Å². The Balaban J connectivity index is 2.47. The molecule has 2 nitrogen and oxygen atoms in total. The maximum atomic E-state index is 11.8. The van der Waals surface area contributed by atoms with E-state index in [9.17, 15) is 4.79 Å². The van der Waals surface area contributed by atoms with E-state index >= 15 is 0 Å². The van der Waals surface area contributed by atoms with Gasteiger partial charge in [-0.05, 0) is 37.6 Å². The smallest absolute Gasteiger partial charge is 0.163 e. The molecule has 0 atom stereocenters. The second-order valence-electron chi connectivity index (χ2n) is 4.08. The van der Waals surface area contributed by atoms with E-state index in [4.69, 9.17) is 4.74 Å². The Kier molecular flexibility index (Phi) is 6.64. The first-order chi connectivity index (χ1) is 8.77. The molecule has 1 rings (SSSR count). The topological polar surface area (TPSA) is 26.3 Å². The van der Waals surface area contributed by atoms with Gasteiger partial charge in [0.25, 0.3) is 0 Å². The summed E-state index contributed by atoms with van der Waals surface area (Å²) in [6.45, 7) is 4.65. The number of carbonyl (C=O) groups excluding carboxylic acids is 1. The summed E-state index contributed by atoms with van der Waals surface area (Å²) in [4.78, 5) is 11.8. The molecule has 0 bridgehead atoms. The molecule has 0 saturated heterocycles. The highest BCUT2D eigenvalue weighted by atomic mass is 16.5. The third-order valence-electron chi connectivity index (χ3n) is 2.60. The van der Waals surface area contributed by atoms with Crippen molar-refractivity contribution in [3.8, 4) is 17.6 Å². The van der Waals surface area contributed by atoms with Gasteiger partial charge in [0, 0.05) is 18.4 Å². The number of ether oxygens (including phenoxy) is 1. The number of ketones is 1. The first-order valence-electron chi connectivity index (χ1n) is 6.43. The molecule has 0 spiro atoms. The molecule has 0 fully saturated rings. The van der Waals surface area contributed by atoms with Gasteiger partial charge in [-0.2, -0.15) is 0 Å². The summed E-state index contributed by atoms with van der Waals surface area (Å²) in [7, 11) is 0. The van der Waals surface area contributed by atoms with Crippen LogP contribution in [0.5, 0.6) is 5.75 Å². The molecule has 0 aliphatic rings. The maximum absolute atomic E-state index is 11.8. The van der Waals surface area contributed by atoms with E-state index in [1.807, 2.05) is 24.3 Å². The zero-order valence-corrected chi connectivity index (χ0v) is 11.2. The molecule has 1 aromatic carbocycles. The molecule has 96 valence electrons. The van der Waals surface area contributed by atoms with Gasteiger partial charge in [-0.1, -0.05) is 13.3 Å². The Morgan fingerprint density at radius 3 is 2.61 bits per heavy atom. The molecule has 0 N–H and O–H groups in total. The van der Waals surface area contributed by atoms with Gasteiger partial charge in [-0.25, -0.2) is 0 Å². The molecule has 2 heteroatoms. The summed E-state index contributed by atoms with van der Waals surface area (Å²) >= 11 is 0. The minimum atomic E-state index is 0.137. The highest BCUT2D eigenvalue weighted by Gasteiger charge is 2.04. The number of benzene rings is 1. The lowest BCUT2D eigenvalue weighted by atomic mass is 10.1. The van der Waals surface area contributed by atoms with Gasteiger partial charge in [-0.3, -0.25) is 4.79 Å². The van der Waals surface area contributed by atoms with Crippen LogP contribution in [0.4, 0.5) is 0 Å². The zero-order valence-electron chi connectivity index (χ0n) is 11.2. The van der Waals surface area contributed by atoms with E-state index in [0.29, 0.717) is 12.8 Å². The predicted molar refractivity (Wildman–Crippen MR) is 73.9 cm³/mol. The van der Waals surface area contributed by atoms with E-state index in [1.165, 1.54) is 0 Å². The number of hydrogen-bond acceptors (Lipinski definition) is 2. The Morgan fingerprint density at radius 1 is 1.28 bits per heavy atom. The molecule has 0 aromatic heterocycles. The van der Waals surface area contributed by atoms with Crippen LogP contribution in [0, 0.1) is 11.8 Å². The van der Waals surface area contributed by atoms with Crippen molar-refractivity contribution in [2.24, 2.45) is 0 Å². The molecule has 18 heavy (non-hydrogen) atoms. The number of carbonyl (C=O) groups is 1. The second kappa shape index (κ2) is 8.36. The summed E-state index contributed by atoms with van der Waals surface area (Å²) in [6, 6.07) is 7.36. The van der Waals surface area contributed by atoms with Crippen LogP contribution in [0.2, 0.25) is 0 Å². The van der Waals surface area contributed by atoms with Crippen LogP contribution in [0.15, 0.2) is 24.3 Å². The molecule has 0 radical (unpaired) electrons.